The number of H-pyrrole nitrogens is 1. The van der Waals surface area contributed by atoms with E-state index in [1.165, 1.54) is 17.7 Å². The third-order valence-corrected chi connectivity index (χ3v) is 4.39. The van der Waals surface area contributed by atoms with Crippen LogP contribution in [0, 0.1) is 6.92 Å². The maximum Gasteiger partial charge on any atom is 0.221 e. The molecule has 0 aliphatic carbocycles. The molecule has 0 unspecified atom stereocenters. The van der Waals surface area contributed by atoms with Crippen LogP contribution in [0.5, 0.6) is 0 Å². The number of anilines is 1. The highest BCUT2D eigenvalue weighted by Crippen LogP contribution is 2.38. The highest BCUT2D eigenvalue weighted by Gasteiger charge is 2.14. The number of para-hydroxylation sites is 2. The number of hydrogen-bond donors (Lipinski definition) is 2. The molecule has 1 heterocycles. The van der Waals surface area contributed by atoms with Gasteiger partial charge in [0.05, 0.1) is 5.52 Å². The average molecular weight is 314 g/mol. The summed E-state index contributed by atoms with van der Waals surface area (Å²) in [4.78, 5) is 15.1. The Morgan fingerprint density at radius 2 is 1.67 bits per heavy atom. The molecule has 0 aliphatic heterocycles. The maximum absolute atomic E-state index is 11.6. The Hall–Kier alpha value is -3.07. The van der Waals surface area contributed by atoms with Gasteiger partial charge in [-0.15, -0.1) is 0 Å². The first kappa shape index (κ1) is 14.5. The summed E-state index contributed by atoms with van der Waals surface area (Å²) in [7, 11) is 0. The van der Waals surface area contributed by atoms with Crippen LogP contribution in [0.3, 0.4) is 0 Å². The molecule has 2 N–H and O–H groups in total. The number of amides is 1. The van der Waals surface area contributed by atoms with Crippen LogP contribution in [-0.2, 0) is 4.79 Å². The zero-order valence-electron chi connectivity index (χ0n) is 13.7. The van der Waals surface area contributed by atoms with E-state index in [1.54, 1.807) is 0 Å². The lowest BCUT2D eigenvalue weighted by Crippen LogP contribution is -2.07. The summed E-state index contributed by atoms with van der Waals surface area (Å²) < 4.78 is 0. The number of benzene rings is 3. The molecule has 0 saturated carbocycles. The number of carbonyl (C=O) groups is 1. The topological polar surface area (TPSA) is 44.9 Å². The molecule has 0 aliphatic rings. The number of rotatable bonds is 2. The summed E-state index contributed by atoms with van der Waals surface area (Å²) in [5.41, 5.74) is 6.35. The Morgan fingerprint density at radius 1 is 0.917 bits per heavy atom. The SMILES string of the molecule is CC(=O)Nc1cccc(C)c1-c1cccc2c1[nH]c1ccccc12. The van der Waals surface area contributed by atoms with E-state index >= 15 is 0 Å². The summed E-state index contributed by atoms with van der Waals surface area (Å²) in [5.74, 6) is -0.0642. The third kappa shape index (κ3) is 2.26. The van der Waals surface area contributed by atoms with E-state index in [0.717, 1.165) is 33.4 Å². The Kier molecular flexibility index (Phi) is 3.35. The smallest absolute Gasteiger partial charge is 0.221 e. The van der Waals surface area contributed by atoms with Gasteiger partial charge in [0.1, 0.15) is 0 Å². The fraction of sp³-hybridized carbons (Fsp3) is 0.0952. The molecule has 24 heavy (non-hydrogen) atoms. The lowest BCUT2D eigenvalue weighted by atomic mass is 9.96. The van der Waals surface area contributed by atoms with Gasteiger partial charge >= 0.3 is 0 Å². The van der Waals surface area contributed by atoms with Crippen molar-refractivity contribution in [1.82, 2.24) is 4.98 Å². The van der Waals surface area contributed by atoms with Gasteiger partial charge in [0, 0.05) is 40.0 Å². The molecule has 118 valence electrons. The summed E-state index contributed by atoms with van der Waals surface area (Å²) in [6.45, 7) is 3.61. The van der Waals surface area contributed by atoms with E-state index in [2.05, 4.69) is 59.7 Å². The van der Waals surface area contributed by atoms with Gasteiger partial charge in [0.2, 0.25) is 5.91 Å². The number of aromatic amines is 1. The van der Waals surface area contributed by atoms with Crippen molar-refractivity contribution in [1.29, 1.82) is 0 Å². The highest BCUT2D eigenvalue weighted by atomic mass is 16.1. The fourth-order valence-electron chi connectivity index (χ4n) is 3.40. The van der Waals surface area contributed by atoms with Crippen molar-refractivity contribution in [2.24, 2.45) is 0 Å². The number of aromatic nitrogens is 1. The number of hydrogen-bond acceptors (Lipinski definition) is 1. The zero-order valence-corrected chi connectivity index (χ0v) is 13.7. The van der Waals surface area contributed by atoms with Gasteiger partial charge < -0.3 is 10.3 Å². The average Bonchev–Trinajstić information content (AvgIpc) is 2.94. The van der Waals surface area contributed by atoms with Gasteiger partial charge in [-0.2, -0.15) is 0 Å². The summed E-state index contributed by atoms with van der Waals surface area (Å²) in [6.07, 6.45) is 0. The summed E-state index contributed by atoms with van der Waals surface area (Å²) >= 11 is 0. The van der Waals surface area contributed by atoms with Gasteiger partial charge in [-0.3, -0.25) is 4.79 Å². The van der Waals surface area contributed by atoms with E-state index < -0.39 is 0 Å². The first-order valence-electron chi connectivity index (χ1n) is 8.02. The fourth-order valence-corrected chi connectivity index (χ4v) is 3.40. The third-order valence-electron chi connectivity index (χ3n) is 4.39. The molecule has 0 spiro atoms. The number of carbonyl (C=O) groups excluding carboxylic acids is 1. The highest BCUT2D eigenvalue weighted by molar-refractivity contribution is 6.13. The predicted octanol–water partition coefficient (Wildman–Crippen LogP) is 5.25. The van der Waals surface area contributed by atoms with Crippen LogP contribution in [0.1, 0.15) is 12.5 Å². The Balaban J connectivity index is 2.06. The lowest BCUT2D eigenvalue weighted by molar-refractivity contribution is -0.114. The quantitative estimate of drug-likeness (QED) is 0.521. The van der Waals surface area contributed by atoms with Gasteiger partial charge in [-0.25, -0.2) is 0 Å². The molecule has 4 aromatic rings. The van der Waals surface area contributed by atoms with E-state index in [9.17, 15) is 4.79 Å². The largest absolute Gasteiger partial charge is 0.354 e. The molecule has 0 radical (unpaired) electrons. The second-order valence-electron chi connectivity index (χ2n) is 6.08. The molecular weight excluding hydrogens is 296 g/mol. The normalized spacial score (nSPS) is 11.1. The Morgan fingerprint density at radius 3 is 2.50 bits per heavy atom. The van der Waals surface area contributed by atoms with Crippen molar-refractivity contribution in [3.05, 3.63) is 66.2 Å². The van der Waals surface area contributed by atoms with Crippen molar-refractivity contribution in [2.45, 2.75) is 13.8 Å². The van der Waals surface area contributed by atoms with Gasteiger partial charge in [-0.1, -0.05) is 48.5 Å². The Labute approximate surface area is 140 Å². The van der Waals surface area contributed by atoms with Crippen LogP contribution in [0.15, 0.2) is 60.7 Å². The lowest BCUT2D eigenvalue weighted by Gasteiger charge is -2.14. The number of nitrogens with one attached hydrogen (secondary N) is 2. The Bertz CT molecular complexity index is 1080. The number of fused-ring (bicyclic) bond motifs is 3. The molecule has 0 saturated heterocycles. The molecule has 0 bridgehead atoms. The molecule has 0 fully saturated rings. The van der Waals surface area contributed by atoms with Crippen LogP contribution in [-0.4, -0.2) is 10.9 Å². The van der Waals surface area contributed by atoms with Crippen LogP contribution < -0.4 is 5.32 Å². The van der Waals surface area contributed by atoms with Crippen molar-refractivity contribution >= 4 is 33.4 Å². The van der Waals surface area contributed by atoms with Crippen molar-refractivity contribution in [3.63, 3.8) is 0 Å². The zero-order chi connectivity index (χ0) is 16.7. The maximum atomic E-state index is 11.6. The summed E-state index contributed by atoms with van der Waals surface area (Å²) in [5, 5.41) is 5.36. The molecule has 1 aromatic heterocycles. The standard InChI is InChI=1S/C21H18N2O/c1-13-7-5-12-19(22-14(2)24)20(13)17-10-6-9-16-15-8-3-4-11-18(15)23-21(16)17/h3-12,23H,1-2H3,(H,22,24). The molecule has 3 heteroatoms. The second kappa shape index (κ2) is 5.53. The monoisotopic (exact) mass is 314 g/mol. The van der Waals surface area contributed by atoms with E-state index in [-0.39, 0.29) is 5.91 Å². The van der Waals surface area contributed by atoms with Gasteiger partial charge in [0.25, 0.3) is 0 Å². The van der Waals surface area contributed by atoms with Gasteiger partial charge in [-0.05, 0) is 24.6 Å². The predicted molar refractivity (Wildman–Crippen MR) is 100 cm³/mol. The minimum atomic E-state index is -0.0642. The number of aryl methyl sites for hydroxylation is 1. The van der Waals surface area contributed by atoms with E-state index in [1.807, 2.05) is 18.2 Å². The second-order valence-corrected chi connectivity index (χ2v) is 6.08. The van der Waals surface area contributed by atoms with Crippen LogP contribution in [0.2, 0.25) is 0 Å². The van der Waals surface area contributed by atoms with Crippen molar-refractivity contribution in [2.75, 3.05) is 5.32 Å². The van der Waals surface area contributed by atoms with Crippen LogP contribution >= 0.6 is 0 Å². The first-order chi connectivity index (χ1) is 11.6. The summed E-state index contributed by atoms with van der Waals surface area (Å²) in [6, 6.07) is 20.6. The van der Waals surface area contributed by atoms with Gasteiger partial charge in [0.15, 0.2) is 0 Å². The minimum Gasteiger partial charge on any atom is -0.354 e. The van der Waals surface area contributed by atoms with E-state index in [4.69, 9.17) is 0 Å². The van der Waals surface area contributed by atoms with E-state index in [0.29, 0.717) is 0 Å². The molecule has 3 aromatic carbocycles. The molecule has 4 rings (SSSR count). The molecule has 0 atom stereocenters. The first-order valence-corrected chi connectivity index (χ1v) is 8.02. The minimum absolute atomic E-state index is 0.0642. The van der Waals surface area contributed by atoms with Crippen LogP contribution in [0.4, 0.5) is 5.69 Å². The molecular formula is C21H18N2O. The van der Waals surface area contributed by atoms with Crippen molar-refractivity contribution < 1.29 is 4.79 Å². The van der Waals surface area contributed by atoms with Crippen LogP contribution in [0.25, 0.3) is 32.9 Å². The molecule has 1 amide bonds. The molecule has 3 nitrogen and oxygen atoms in total. The van der Waals surface area contributed by atoms with Crippen molar-refractivity contribution in [3.8, 4) is 11.1 Å².